The molecule has 10 heteroatoms. The van der Waals surface area contributed by atoms with Gasteiger partial charge in [-0.05, 0) is 74.4 Å². The maximum Gasteiger partial charge on any atom is 0.264 e. The van der Waals surface area contributed by atoms with Gasteiger partial charge in [0.2, 0.25) is 11.8 Å². The van der Waals surface area contributed by atoms with E-state index in [1.165, 1.54) is 17.0 Å². The van der Waals surface area contributed by atoms with Crippen molar-refractivity contribution in [1.29, 1.82) is 0 Å². The van der Waals surface area contributed by atoms with Crippen molar-refractivity contribution in [3.8, 4) is 0 Å². The van der Waals surface area contributed by atoms with Crippen molar-refractivity contribution in [2.75, 3.05) is 17.4 Å². The van der Waals surface area contributed by atoms with E-state index in [4.69, 9.17) is 11.6 Å². The third-order valence-corrected chi connectivity index (χ3v) is 8.79. The second kappa shape index (κ2) is 14.0. The highest BCUT2D eigenvalue weighted by atomic mass is 79.9. The lowest BCUT2D eigenvalue weighted by Gasteiger charge is -2.32. The summed E-state index contributed by atoms with van der Waals surface area (Å²) in [5, 5.41) is 3.37. The van der Waals surface area contributed by atoms with E-state index in [2.05, 4.69) is 21.2 Å². The molecule has 0 heterocycles. The third kappa shape index (κ3) is 8.30. The number of rotatable bonds is 12. The van der Waals surface area contributed by atoms with Crippen LogP contribution >= 0.6 is 27.5 Å². The molecule has 0 aliphatic heterocycles. The van der Waals surface area contributed by atoms with E-state index in [9.17, 15) is 18.0 Å². The normalized spacial score (nSPS) is 12.0. The summed E-state index contributed by atoms with van der Waals surface area (Å²) in [6.07, 6.45) is 1.73. The Hall–Kier alpha value is -2.88. The Balaban J connectivity index is 1.99. The minimum absolute atomic E-state index is 0.0653. The number of carbonyl (C=O) groups excluding carboxylic acids is 2. The van der Waals surface area contributed by atoms with Crippen LogP contribution in [0.4, 0.5) is 5.69 Å². The van der Waals surface area contributed by atoms with Crippen molar-refractivity contribution in [3.63, 3.8) is 0 Å². The van der Waals surface area contributed by atoms with Crippen molar-refractivity contribution in [2.24, 2.45) is 0 Å². The lowest BCUT2D eigenvalue weighted by Crippen LogP contribution is -2.51. The van der Waals surface area contributed by atoms with Crippen LogP contribution < -0.4 is 9.62 Å². The fourth-order valence-corrected chi connectivity index (χ4v) is 5.82. The van der Waals surface area contributed by atoms with E-state index >= 15 is 0 Å². The lowest BCUT2D eigenvalue weighted by atomic mass is 10.1. The maximum atomic E-state index is 13.9. The predicted molar refractivity (Wildman–Crippen MR) is 159 cm³/mol. The van der Waals surface area contributed by atoms with Gasteiger partial charge in [-0.3, -0.25) is 13.9 Å². The summed E-state index contributed by atoms with van der Waals surface area (Å²) in [4.78, 5) is 28.3. The number of hydrogen-bond donors (Lipinski definition) is 1. The molecule has 0 aliphatic carbocycles. The summed E-state index contributed by atoms with van der Waals surface area (Å²) < 4.78 is 29.5. The monoisotopic (exact) mass is 633 g/mol. The van der Waals surface area contributed by atoms with Crippen molar-refractivity contribution >= 4 is 55.1 Å². The summed E-state index contributed by atoms with van der Waals surface area (Å²) in [5.41, 5.74) is 1.96. The molecule has 39 heavy (non-hydrogen) atoms. The number of nitrogens with one attached hydrogen (secondary N) is 1. The molecule has 3 aromatic carbocycles. The molecule has 1 N–H and O–H groups in total. The Kier molecular flexibility index (Phi) is 11.0. The van der Waals surface area contributed by atoms with Crippen LogP contribution in [0.15, 0.2) is 82.2 Å². The van der Waals surface area contributed by atoms with Crippen molar-refractivity contribution < 1.29 is 18.0 Å². The second-order valence-corrected chi connectivity index (χ2v) is 12.5. The molecule has 0 fully saturated rings. The molecule has 3 rings (SSSR count). The fraction of sp³-hybridized carbons (Fsp3) is 0.310. The number of hydrogen-bond acceptors (Lipinski definition) is 4. The number of carbonyl (C=O) groups is 2. The Morgan fingerprint density at radius 1 is 1.03 bits per heavy atom. The van der Waals surface area contributed by atoms with E-state index in [-0.39, 0.29) is 17.3 Å². The van der Waals surface area contributed by atoms with Gasteiger partial charge in [-0.2, -0.15) is 0 Å². The number of sulfonamides is 1. The molecule has 0 spiro atoms. The van der Waals surface area contributed by atoms with Crippen molar-refractivity contribution in [1.82, 2.24) is 10.2 Å². The van der Waals surface area contributed by atoms with Crippen LogP contribution in [-0.2, 0) is 26.2 Å². The Morgan fingerprint density at radius 3 is 2.31 bits per heavy atom. The summed E-state index contributed by atoms with van der Waals surface area (Å²) in [5.74, 6) is -0.831. The zero-order valence-corrected chi connectivity index (χ0v) is 25.4. The molecule has 0 saturated heterocycles. The number of anilines is 1. The van der Waals surface area contributed by atoms with E-state index in [1.807, 2.05) is 19.9 Å². The first-order chi connectivity index (χ1) is 18.5. The van der Waals surface area contributed by atoms with Gasteiger partial charge in [0, 0.05) is 22.6 Å². The number of aryl methyl sites for hydroxylation is 1. The van der Waals surface area contributed by atoms with Crippen LogP contribution in [0.2, 0.25) is 5.02 Å². The highest BCUT2D eigenvalue weighted by Gasteiger charge is 2.32. The first-order valence-corrected chi connectivity index (χ1v) is 15.3. The molecule has 0 aliphatic rings. The number of nitrogens with zero attached hydrogens (tertiary/aromatic N) is 2. The summed E-state index contributed by atoms with van der Waals surface area (Å²) in [6.45, 7) is 5.61. The molecule has 0 radical (unpaired) electrons. The number of benzene rings is 3. The van der Waals surface area contributed by atoms with Gasteiger partial charge in [0.25, 0.3) is 10.0 Å². The van der Waals surface area contributed by atoms with Gasteiger partial charge >= 0.3 is 0 Å². The Bertz CT molecular complexity index is 1380. The van der Waals surface area contributed by atoms with E-state index in [0.717, 1.165) is 32.7 Å². The van der Waals surface area contributed by atoms with Gasteiger partial charge in [0.05, 0.1) is 10.6 Å². The minimum Gasteiger partial charge on any atom is -0.354 e. The molecule has 0 bridgehead atoms. The van der Waals surface area contributed by atoms with E-state index < -0.39 is 28.5 Å². The Morgan fingerprint density at radius 2 is 1.69 bits per heavy atom. The largest absolute Gasteiger partial charge is 0.354 e. The first kappa shape index (κ1) is 30.7. The summed E-state index contributed by atoms with van der Waals surface area (Å²) in [6, 6.07) is 19.3. The number of unbranched alkanes of at least 4 members (excludes halogenated alkanes) is 1. The van der Waals surface area contributed by atoms with Crippen LogP contribution in [0.5, 0.6) is 0 Å². The van der Waals surface area contributed by atoms with Crippen LogP contribution in [0.25, 0.3) is 0 Å². The average Bonchev–Trinajstić information content (AvgIpc) is 2.90. The van der Waals surface area contributed by atoms with Crippen LogP contribution in [0, 0.1) is 6.92 Å². The van der Waals surface area contributed by atoms with Gasteiger partial charge in [-0.1, -0.05) is 70.7 Å². The second-order valence-electron chi connectivity index (χ2n) is 9.27. The Labute approximate surface area is 244 Å². The summed E-state index contributed by atoms with van der Waals surface area (Å²) in [7, 11) is -4.11. The van der Waals surface area contributed by atoms with Gasteiger partial charge in [-0.25, -0.2) is 8.42 Å². The summed E-state index contributed by atoms with van der Waals surface area (Å²) >= 11 is 9.55. The zero-order chi connectivity index (χ0) is 28.6. The van der Waals surface area contributed by atoms with Gasteiger partial charge in [0.1, 0.15) is 12.6 Å². The molecule has 3 aromatic rings. The molecule has 208 valence electrons. The molecule has 0 unspecified atom stereocenters. The topological polar surface area (TPSA) is 86.8 Å². The number of amides is 2. The molecule has 1 atom stereocenters. The van der Waals surface area contributed by atoms with Crippen molar-refractivity contribution in [3.05, 3.63) is 93.4 Å². The average molecular weight is 635 g/mol. The molecule has 2 amide bonds. The fourth-order valence-electron chi connectivity index (χ4n) is 3.92. The highest BCUT2D eigenvalue weighted by Crippen LogP contribution is 2.26. The molecule has 0 saturated carbocycles. The van der Waals surface area contributed by atoms with Crippen LogP contribution in [0.3, 0.4) is 0 Å². The zero-order valence-electron chi connectivity index (χ0n) is 22.2. The number of halogens is 2. The lowest BCUT2D eigenvalue weighted by molar-refractivity contribution is -0.139. The van der Waals surface area contributed by atoms with Gasteiger partial charge < -0.3 is 10.2 Å². The smallest absolute Gasteiger partial charge is 0.264 e. The van der Waals surface area contributed by atoms with Gasteiger partial charge in [0.15, 0.2) is 0 Å². The van der Waals surface area contributed by atoms with Crippen LogP contribution in [0.1, 0.15) is 37.8 Å². The van der Waals surface area contributed by atoms with Crippen molar-refractivity contribution in [2.45, 2.75) is 51.1 Å². The molecule has 0 aromatic heterocycles. The highest BCUT2D eigenvalue weighted by molar-refractivity contribution is 9.10. The predicted octanol–water partition coefficient (Wildman–Crippen LogP) is 5.94. The van der Waals surface area contributed by atoms with E-state index in [1.54, 1.807) is 61.5 Å². The molecular formula is C29H33BrClN3O4S. The van der Waals surface area contributed by atoms with Gasteiger partial charge in [-0.15, -0.1) is 0 Å². The minimum atomic E-state index is -4.11. The SMILES string of the molecule is CCCCNC(=O)[C@@H](C)N(Cc1cccc(Cl)c1)C(=O)CN(c1ccc(Br)cc1)S(=O)(=O)c1ccc(C)cc1. The maximum absolute atomic E-state index is 13.9. The standard InChI is InChI=1S/C29H33BrClN3O4S/c1-4-5-17-32-29(36)22(3)33(19-23-7-6-8-25(31)18-23)28(35)20-34(26-13-11-24(30)12-14-26)39(37,38)27-15-9-21(2)10-16-27/h6-16,18,22H,4-5,17,19-20H2,1-3H3,(H,32,36)/t22-/m1/s1. The molecular weight excluding hydrogens is 602 g/mol. The third-order valence-electron chi connectivity index (χ3n) is 6.24. The molecule has 7 nitrogen and oxygen atoms in total. The van der Waals surface area contributed by atoms with Crippen LogP contribution in [-0.4, -0.2) is 44.3 Å². The first-order valence-electron chi connectivity index (χ1n) is 12.7. The van der Waals surface area contributed by atoms with E-state index in [0.29, 0.717) is 17.3 Å². The quantitative estimate of drug-likeness (QED) is 0.250.